The molecule has 0 heterocycles. The maximum absolute atomic E-state index is 10.9. The molecule has 0 spiro atoms. The molecule has 0 aromatic rings. The van der Waals surface area contributed by atoms with Crippen LogP contribution in [0, 0.1) is 5.92 Å². The van der Waals surface area contributed by atoms with Gasteiger partial charge in [-0.25, -0.2) is 4.79 Å². The van der Waals surface area contributed by atoms with Crippen LogP contribution < -0.4 is 0 Å². The van der Waals surface area contributed by atoms with Crippen molar-refractivity contribution in [2.24, 2.45) is 5.92 Å². The van der Waals surface area contributed by atoms with E-state index in [0.29, 0.717) is 5.92 Å². The molecule has 1 aliphatic carbocycles. The Balaban J connectivity index is 2.38. The first-order chi connectivity index (χ1) is 4.79. The lowest BCUT2D eigenvalue weighted by Crippen LogP contribution is -2.26. The van der Waals surface area contributed by atoms with Crippen LogP contribution in [0.2, 0.25) is 0 Å². The summed E-state index contributed by atoms with van der Waals surface area (Å²) < 4.78 is 9.49. The van der Waals surface area contributed by atoms with E-state index in [1.165, 1.54) is 7.11 Å². The summed E-state index contributed by atoms with van der Waals surface area (Å²) in [7, 11) is 2.93. The fraction of sp³-hybridized carbons (Fsp3) is 0.857. The average molecular weight is 144 g/mol. The first kappa shape index (κ1) is 7.54. The Morgan fingerprint density at radius 1 is 1.50 bits per heavy atom. The Labute approximate surface area is 60.3 Å². The lowest BCUT2D eigenvalue weighted by atomic mass is 10.2. The summed E-state index contributed by atoms with van der Waals surface area (Å²) in [6.07, 6.45) is 1.87. The Kier molecular flexibility index (Phi) is 2.27. The van der Waals surface area contributed by atoms with Crippen LogP contribution in [-0.4, -0.2) is 26.3 Å². The van der Waals surface area contributed by atoms with Gasteiger partial charge in [0.2, 0.25) is 0 Å². The van der Waals surface area contributed by atoms with Gasteiger partial charge in [-0.3, -0.25) is 0 Å². The molecule has 0 radical (unpaired) electrons. The molecular formula is C7H12O3. The lowest BCUT2D eigenvalue weighted by Gasteiger charge is -2.10. The number of carbonyl (C=O) groups excluding carboxylic acids is 1. The van der Waals surface area contributed by atoms with Crippen molar-refractivity contribution in [3.05, 3.63) is 0 Å². The van der Waals surface area contributed by atoms with E-state index in [2.05, 4.69) is 4.74 Å². The minimum Gasteiger partial charge on any atom is -0.467 e. The van der Waals surface area contributed by atoms with E-state index in [1.54, 1.807) is 7.11 Å². The molecule has 1 saturated carbocycles. The van der Waals surface area contributed by atoms with Gasteiger partial charge in [-0.1, -0.05) is 0 Å². The Hall–Kier alpha value is -0.570. The molecule has 0 bridgehead atoms. The highest BCUT2D eigenvalue weighted by Crippen LogP contribution is 2.34. The standard InChI is InChI=1S/C7H12O3/c1-9-6(5-3-4-5)7(8)10-2/h5-6H,3-4H2,1-2H3/t6-/m1/s1. The molecule has 1 fully saturated rings. The van der Waals surface area contributed by atoms with Crippen LogP contribution in [0.1, 0.15) is 12.8 Å². The zero-order valence-electron chi connectivity index (χ0n) is 6.29. The van der Waals surface area contributed by atoms with E-state index in [0.717, 1.165) is 12.8 Å². The van der Waals surface area contributed by atoms with Gasteiger partial charge in [0.05, 0.1) is 7.11 Å². The second-order valence-corrected chi connectivity index (χ2v) is 2.52. The molecular weight excluding hydrogens is 132 g/mol. The quantitative estimate of drug-likeness (QED) is 0.544. The average Bonchev–Trinajstić information content (AvgIpc) is 2.73. The van der Waals surface area contributed by atoms with E-state index >= 15 is 0 Å². The van der Waals surface area contributed by atoms with Crippen molar-refractivity contribution in [3.63, 3.8) is 0 Å². The minimum atomic E-state index is -0.315. The summed E-state index contributed by atoms with van der Waals surface area (Å²) in [5.74, 6) is 0.169. The molecule has 3 heteroatoms. The fourth-order valence-electron chi connectivity index (χ4n) is 0.996. The lowest BCUT2D eigenvalue weighted by molar-refractivity contribution is -0.153. The van der Waals surface area contributed by atoms with E-state index in [4.69, 9.17) is 4.74 Å². The van der Waals surface area contributed by atoms with Crippen molar-refractivity contribution in [2.75, 3.05) is 14.2 Å². The third-order valence-electron chi connectivity index (χ3n) is 1.74. The number of esters is 1. The van der Waals surface area contributed by atoms with Gasteiger partial charge in [0.25, 0.3) is 0 Å². The second-order valence-electron chi connectivity index (χ2n) is 2.52. The SMILES string of the molecule is COC(=O)[C@H](OC)C1CC1. The zero-order chi connectivity index (χ0) is 7.56. The van der Waals surface area contributed by atoms with Crippen LogP contribution in [-0.2, 0) is 14.3 Å². The van der Waals surface area contributed by atoms with E-state index in [-0.39, 0.29) is 12.1 Å². The second kappa shape index (κ2) is 3.01. The number of rotatable bonds is 3. The van der Waals surface area contributed by atoms with Crippen molar-refractivity contribution in [1.29, 1.82) is 0 Å². The molecule has 0 aliphatic heterocycles. The van der Waals surface area contributed by atoms with Gasteiger partial charge < -0.3 is 9.47 Å². The van der Waals surface area contributed by atoms with E-state index in [9.17, 15) is 4.79 Å². The molecule has 0 N–H and O–H groups in total. The molecule has 1 aliphatic rings. The van der Waals surface area contributed by atoms with Crippen molar-refractivity contribution >= 4 is 5.97 Å². The van der Waals surface area contributed by atoms with Gasteiger partial charge in [0.15, 0.2) is 6.10 Å². The first-order valence-corrected chi connectivity index (χ1v) is 3.40. The van der Waals surface area contributed by atoms with Crippen molar-refractivity contribution in [3.8, 4) is 0 Å². The van der Waals surface area contributed by atoms with Crippen LogP contribution in [0.25, 0.3) is 0 Å². The van der Waals surface area contributed by atoms with Gasteiger partial charge in [0.1, 0.15) is 0 Å². The number of carbonyl (C=O) groups is 1. The molecule has 0 amide bonds. The summed E-state index contributed by atoms with van der Waals surface area (Å²) in [5.41, 5.74) is 0. The highest BCUT2D eigenvalue weighted by molar-refractivity contribution is 5.75. The van der Waals surface area contributed by atoms with Crippen LogP contribution in [0.3, 0.4) is 0 Å². The summed E-state index contributed by atoms with van der Waals surface area (Å²) in [6, 6.07) is 0. The molecule has 0 unspecified atom stereocenters. The Morgan fingerprint density at radius 2 is 2.10 bits per heavy atom. The predicted molar refractivity (Wildman–Crippen MR) is 35.5 cm³/mol. The molecule has 0 saturated heterocycles. The largest absolute Gasteiger partial charge is 0.467 e. The number of hydrogen-bond donors (Lipinski definition) is 0. The summed E-state index contributed by atoms with van der Waals surface area (Å²) in [4.78, 5) is 10.9. The predicted octanol–water partition coefficient (Wildman–Crippen LogP) is 0.584. The van der Waals surface area contributed by atoms with E-state index in [1.807, 2.05) is 0 Å². The third-order valence-corrected chi connectivity index (χ3v) is 1.74. The molecule has 1 rings (SSSR count). The smallest absolute Gasteiger partial charge is 0.335 e. The van der Waals surface area contributed by atoms with Crippen molar-refractivity contribution < 1.29 is 14.3 Å². The van der Waals surface area contributed by atoms with Crippen LogP contribution >= 0.6 is 0 Å². The van der Waals surface area contributed by atoms with Crippen LogP contribution in [0.5, 0.6) is 0 Å². The number of ether oxygens (including phenoxy) is 2. The molecule has 1 atom stereocenters. The van der Waals surface area contributed by atoms with Gasteiger partial charge in [-0.2, -0.15) is 0 Å². The molecule has 0 aromatic carbocycles. The Bertz CT molecular complexity index is 129. The third kappa shape index (κ3) is 1.48. The maximum atomic E-state index is 10.9. The Morgan fingerprint density at radius 3 is 2.40 bits per heavy atom. The fourth-order valence-corrected chi connectivity index (χ4v) is 0.996. The number of hydrogen-bond acceptors (Lipinski definition) is 3. The summed E-state index contributed by atoms with van der Waals surface area (Å²) >= 11 is 0. The molecule has 58 valence electrons. The molecule has 10 heavy (non-hydrogen) atoms. The maximum Gasteiger partial charge on any atom is 0.335 e. The number of methoxy groups -OCH3 is 2. The topological polar surface area (TPSA) is 35.5 Å². The molecule has 3 nitrogen and oxygen atoms in total. The van der Waals surface area contributed by atoms with Gasteiger partial charge in [-0.15, -0.1) is 0 Å². The normalized spacial score (nSPS) is 20.2. The first-order valence-electron chi connectivity index (χ1n) is 3.40. The van der Waals surface area contributed by atoms with Crippen LogP contribution in [0.15, 0.2) is 0 Å². The van der Waals surface area contributed by atoms with Gasteiger partial charge in [-0.05, 0) is 18.8 Å². The minimum absolute atomic E-state index is 0.245. The molecule has 0 aromatic heterocycles. The summed E-state index contributed by atoms with van der Waals surface area (Å²) in [6.45, 7) is 0. The monoisotopic (exact) mass is 144 g/mol. The van der Waals surface area contributed by atoms with Gasteiger partial charge >= 0.3 is 5.97 Å². The summed E-state index contributed by atoms with van der Waals surface area (Å²) in [5, 5.41) is 0. The highest BCUT2D eigenvalue weighted by Gasteiger charge is 2.36. The van der Waals surface area contributed by atoms with Crippen molar-refractivity contribution in [2.45, 2.75) is 18.9 Å². The van der Waals surface area contributed by atoms with Gasteiger partial charge in [0, 0.05) is 7.11 Å². The zero-order valence-corrected chi connectivity index (χ0v) is 6.29. The highest BCUT2D eigenvalue weighted by atomic mass is 16.6. The van der Waals surface area contributed by atoms with E-state index < -0.39 is 0 Å². The van der Waals surface area contributed by atoms with Crippen molar-refractivity contribution in [1.82, 2.24) is 0 Å². The van der Waals surface area contributed by atoms with Crippen LogP contribution in [0.4, 0.5) is 0 Å².